The standard InChI is InChI=1S/C23H24FN3O/c1-15-7-5-12-19-21(15)20(23(28)27-17-9-3-2-4-10-17)14-25-22(19)26-18-11-6-8-16(24)13-18/h5-8,11-14,17H,2-4,9-10H2,1H3,(H,25,26)(H,27,28). The fraction of sp³-hybridized carbons (Fsp3) is 0.304. The fourth-order valence-corrected chi connectivity index (χ4v) is 3.97. The van der Waals surface area contributed by atoms with Gasteiger partial charge in [-0.3, -0.25) is 4.79 Å². The van der Waals surface area contributed by atoms with Crippen LogP contribution in [0.25, 0.3) is 10.8 Å². The summed E-state index contributed by atoms with van der Waals surface area (Å²) in [5, 5.41) is 8.09. The van der Waals surface area contributed by atoms with Gasteiger partial charge in [-0.1, -0.05) is 43.5 Å². The van der Waals surface area contributed by atoms with E-state index < -0.39 is 0 Å². The summed E-state index contributed by atoms with van der Waals surface area (Å²) in [6, 6.07) is 12.4. The second-order valence-corrected chi connectivity index (χ2v) is 7.46. The lowest BCUT2D eigenvalue weighted by molar-refractivity contribution is 0.0929. The molecule has 28 heavy (non-hydrogen) atoms. The Morgan fingerprint density at radius 3 is 2.68 bits per heavy atom. The quantitative estimate of drug-likeness (QED) is 0.632. The van der Waals surface area contributed by atoms with Crippen LogP contribution in [0.2, 0.25) is 0 Å². The van der Waals surface area contributed by atoms with Crippen LogP contribution in [0.5, 0.6) is 0 Å². The first-order chi connectivity index (χ1) is 13.6. The summed E-state index contributed by atoms with van der Waals surface area (Å²) in [6.45, 7) is 1.99. The van der Waals surface area contributed by atoms with Crippen molar-refractivity contribution >= 4 is 28.2 Å². The van der Waals surface area contributed by atoms with Crippen molar-refractivity contribution in [2.24, 2.45) is 0 Å². The summed E-state index contributed by atoms with van der Waals surface area (Å²) < 4.78 is 13.5. The minimum atomic E-state index is -0.311. The lowest BCUT2D eigenvalue weighted by Gasteiger charge is -2.23. The summed E-state index contributed by atoms with van der Waals surface area (Å²) >= 11 is 0. The molecule has 1 aliphatic rings. The summed E-state index contributed by atoms with van der Waals surface area (Å²) in [4.78, 5) is 17.5. The number of carbonyl (C=O) groups is 1. The van der Waals surface area contributed by atoms with E-state index in [0.29, 0.717) is 17.1 Å². The average Bonchev–Trinajstić information content (AvgIpc) is 2.69. The van der Waals surface area contributed by atoms with E-state index >= 15 is 0 Å². The van der Waals surface area contributed by atoms with Crippen LogP contribution in [0.1, 0.15) is 48.0 Å². The number of halogens is 1. The molecule has 1 aliphatic carbocycles. The van der Waals surface area contributed by atoms with Crippen molar-refractivity contribution in [3.05, 3.63) is 65.6 Å². The van der Waals surface area contributed by atoms with Gasteiger partial charge in [0, 0.05) is 28.7 Å². The van der Waals surface area contributed by atoms with E-state index in [1.165, 1.54) is 31.4 Å². The first kappa shape index (κ1) is 18.4. The van der Waals surface area contributed by atoms with Crippen LogP contribution in [0, 0.1) is 12.7 Å². The van der Waals surface area contributed by atoms with E-state index in [1.54, 1.807) is 18.3 Å². The number of nitrogens with zero attached hydrogens (tertiary/aromatic N) is 1. The van der Waals surface area contributed by atoms with Crippen LogP contribution in [0.15, 0.2) is 48.7 Å². The summed E-state index contributed by atoms with van der Waals surface area (Å²) in [6.07, 6.45) is 7.27. The smallest absolute Gasteiger partial charge is 0.253 e. The fourth-order valence-electron chi connectivity index (χ4n) is 3.97. The van der Waals surface area contributed by atoms with Crippen molar-refractivity contribution in [3.63, 3.8) is 0 Å². The largest absolute Gasteiger partial charge is 0.349 e. The van der Waals surface area contributed by atoms with E-state index in [2.05, 4.69) is 15.6 Å². The number of rotatable bonds is 4. The van der Waals surface area contributed by atoms with Crippen molar-refractivity contribution in [3.8, 4) is 0 Å². The minimum absolute atomic E-state index is 0.0731. The summed E-state index contributed by atoms with van der Waals surface area (Å²) in [7, 11) is 0. The van der Waals surface area contributed by atoms with Crippen LogP contribution < -0.4 is 10.6 Å². The Balaban J connectivity index is 1.70. The van der Waals surface area contributed by atoms with Gasteiger partial charge in [-0.25, -0.2) is 9.37 Å². The number of amides is 1. The number of hydrogen-bond acceptors (Lipinski definition) is 3. The van der Waals surface area contributed by atoms with E-state index in [1.807, 2.05) is 25.1 Å². The molecule has 3 aromatic rings. The van der Waals surface area contributed by atoms with Crippen molar-refractivity contribution < 1.29 is 9.18 Å². The van der Waals surface area contributed by atoms with Gasteiger partial charge in [0.15, 0.2) is 0 Å². The molecule has 0 aliphatic heterocycles. The number of fused-ring (bicyclic) bond motifs is 1. The van der Waals surface area contributed by atoms with Gasteiger partial charge in [0.05, 0.1) is 5.56 Å². The van der Waals surface area contributed by atoms with Gasteiger partial charge in [0.2, 0.25) is 0 Å². The highest BCUT2D eigenvalue weighted by molar-refractivity contribution is 6.10. The molecule has 1 heterocycles. The van der Waals surface area contributed by atoms with Crippen LogP contribution in [0.4, 0.5) is 15.9 Å². The molecule has 4 nitrogen and oxygen atoms in total. The molecular weight excluding hydrogens is 353 g/mol. The molecule has 2 N–H and O–H groups in total. The van der Waals surface area contributed by atoms with Gasteiger partial charge in [-0.2, -0.15) is 0 Å². The van der Waals surface area contributed by atoms with Crippen LogP contribution in [-0.4, -0.2) is 16.9 Å². The zero-order valence-corrected chi connectivity index (χ0v) is 16.0. The zero-order valence-electron chi connectivity index (χ0n) is 16.0. The molecule has 1 amide bonds. The monoisotopic (exact) mass is 377 g/mol. The summed E-state index contributed by atoms with van der Waals surface area (Å²) in [5.74, 6) is 0.225. The Labute approximate surface area is 164 Å². The van der Waals surface area contributed by atoms with Gasteiger partial charge >= 0.3 is 0 Å². The lowest BCUT2D eigenvalue weighted by atomic mass is 9.95. The van der Waals surface area contributed by atoms with E-state index in [9.17, 15) is 9.18 Å². The molecule has 0 unspecified atom stereocenters. The molecule has 144 valence electrons. The van der Waals surface area contributed by atoms with Crippen molar-refractivity contribution in [2.75, 3.05) is 5.32 Å². The Kier molecular flexibility index (Phi) is 5.24. The third-order valence-electron chi connectivity index (χ3n) is 5.39. The molecule has 1 aromatic heterocycles. The van der Waals surface area contributed by atoms with Crippen LogP contribution in [-0.2, 0) is 0 Å². The Morgan fingerprint density at radius 1 is 1.11 bits per heavy atom. The SMILES string of the molecule is Cc1cccc2c(Nc3cccc(F)c3)ncc(C(=O)NC3CCCCC3)c12. The maximum absolute atomic E-state index is 13.5. The van der Waals surface area contributed by atoms with E-state index in [-0.39, 0.29) is 17.8 Å². The molecule has 1 saturated carbocycles. The first-order valence-electron chi connectivity index (χ1n) is 9.83. The number of benzene rings is 2. The number of anilines is 2. The Morgan fingerprint density at radius 2 is 1.89 bits per heavy atom. The van der Waals surface area contributed by atoms with Gasteiger partial charge in [-0.05, 0) is 43.5 Å². The first-order valence-corrected chi connectivity index (χ1v) is 9.83. The summed E-state index contributed by atoms with van der Waals surface area (Å²) in [5.41, 5.74) is 2.22. The maximum atomic E-state index is 13.5. The van der Waals surface area contributed by atoms with E-state index in [4.69, 9.17) is 0 Å². The second-order valence-electron chi connectivity index (χ2n) is 7.46. The molecule has 0 bridgehead atoms. The van der Waals surface area contributed by atoms with Crippen molar-refractivity contribution in [2.45, 2.75) is 45.1 Å². The third kappa shape index (κ3) is 3.84. The highest BCUT2D eigenvalue weighted by Crippen LogP contribution is 2.30. The van der Waals surface area contributed by atoms with Gasteiger partial charge in [-0.15, -0.1) is 0 Å². The van der Waals surface area contributed by atoms with Gasteiger partial charge in [0.25, 0.3) is 5.91 Å². The second kappa shape index (κ2) is 7.97. The number of nitrogens with one attached hydrogen (secondary N) is 2. The van der Waals surface area contributed by atoms with Crippen molar-refractivity contribution in [1.82, 2.24) is 10.3 Å². The Hall–Kier alpha value is -2.95. The molecule has 4 rings (SSSR count). The number of carbonyl (C=O) groups excluding carboxylic acids is 1. The number of pyridine rings is 1. The lowest BCUT2D eigenvalue weighted by Crippen LogP contribution is -2.36. The van der Waals surface area contributed by atoms with Crippen LogP contribution in [0.3, 0.4) is 0 Å². The Bertz CT molecular complexity index is 1010. The predicted molar refractivity (Wildman–Crippen MR) is 111 cm³/mol. The molecular formula is C23H24FN3O. The molecule has 0 radical (unpaired) electrons. The van der Waals surface area contributed by atoms with Crippen LogP contribution >= 0.6 is 0 Å². The van der Waals surface area contributed by atoms with Gasteiger partial charge < -0.3 is 10.6 Å². The van der Waals surface area contributed by atoms with Gasteiger partial charge in [0.1, 0.15) is 11.6 Å². The van der Waals surface area contributed by atoms with E-state index in [0.717, 1.165) is 29.2 Å². The molecule has 0 spiro atoms. The van der Waals surface area contributed by atoms with Crippen molar-refractivity contribution in [1.29, 1.82) is 0 Å². The third-order valence-corrected chi connectivity index (χ3v) is 5.39. The normalized spacial score (nSPS) is 14.8. The average molecular weight is 377 g/mol. The number of hydrogen-bond donors (Lipinski definition) is 2. The molecule has 5 heteroatoms. The number of aromatic nitrogens is 1. The minimum Gasteiger partial charge on any atom is -0.349 e. The number of aryl methyl sites for hydroxylation is 1. The topological polar surface area (TPSA) is 54.0 Å². The highest BCUT2D eigenvalue weighted by atomic mass is 19.1. The molecule has 0 saturated heterocycles. The maximum Gasteiger partial charge on any atom is 0.253 e. The zero-order chi connectivity index (χ0) is 19.5. The molecule has 1 fully saturated rings. The predicted octanol–water partition coefficient (Wildman–Crippen LogP) is 5.49. The highest BCUT2D eigenvalue weighted by Gasteiger charge is 2.20. The molecule has 0 atom stereocenters. The molecule has 2 aromatic carbocycles.